The first-order chi connectivity index (χ1) is 15.0. The Morgan fingerprint density at radius 2 is 1.50 bits per heavy atom. The zero-order valence-corrected chi connectivity index (χ0v) is 20.5. The van der Waals surface area contributed by atoms with E-state index in [1.165, 1.54) is 46.6 Å². The number of hydrogen-bond donors (Lipinski definition) is 1. The lowest BCUT2D eigenvalue weighted by atomic mass is 9.84. The molecular weight excluding hydrogens is 446 g/mol. The van der Waals surface area contributed by atoms with Crippen LogP contribution < -0.4 is 9.62 Å². The van der Waals surface area contributed by atoms with Crippen molar-refractivity contribution in [1.29, 1.82) is 0 Å². The lowest BCUT2D eigenvalue weighted by Gasteiger charge is -2.37. The van der Waals surface area contributed by atoms with Gasteiger partial charge in [-0.2, -0.15) is 0 Å². The summed E-state index contributed by atoms with van der Waals surface area (Å²) in [4.78, 5) is 4.93. The van der Waals surface area contributed by atoms with E-state index in [9.17, 15) is 16.8 Å². The molecule has 1 N–H and O–H groups in total. The number of likely N-dealkylation sites (N-methyl/N-ethyl adjacent to an activating group) is 1. The van der Waals surface area contributed by atoms with Crippen LogP contribution in [0.25, 0.3) is 0 Å². The average Bonchev–Trinajstić information content (AvgIpc) is 2.74. The van der Waals surface area contributed by atoms with Crippen molar-refractivity contribution in [3.8, 4) is 0 Å². The highest BCUT2D eigenvalue weighted by Gasteiger charge is 2.29. The van der Waals surface area contributed by atoms with Crippen molar-refractivity contribution >= 4 is 25.5 Å². The number of sulfonamides is 1. The van der Waals surface area contributed by atoms with Crippen LogP contribution in [-0.2, 0) is 32.7 Å². The number of hydrogen-bond acceptors (Lipinski definition) is 6. The third-order valence-corrected chi connectivity index (χ3v) is 9.23. The highest BCUT2D eigenvalue weighted by molar-refractivity contribution is 7.90. The second kappa shape index (κ2) is 8.78. The van der Waals surface area contributed by atoms with Gasteiger partial charge in [0.05, 0.1) is 9.79 Å². The molecule has 2 aliphatic rings. The summed E-state index contributed by atoms with van der Waals surface area (Å²) in [5, 5.41) is 0. The number of anilines is 1. The van der Waals surface area contributed by atoms with Crippen molar-refractivity contribution in [2.45, 2.75) is 42.0 Å². The standard InChI is InChI=1S/C23H31N3O4S2/c1-17-4-11-23(26-14-12-25(2)13-15-26)22-16-18(5-10-21(17)22)24-32(29,30)20-8-6-19(7-9-20)31(3,27)28/h4,6-9,11,18,24H,5,10,12-16H2,1-3H3/t18-/m1/s1. The van der Waals surface area contributed by atoms with Gasteiger partial charge in [0.1, 0.15) is 0 Å². The molecule has 1 fully saturated rings. The summed E-state index contributed by atoms with van der Waals surface area (Å²) in [5.74, 6) is 0. The maximum Gasteiger partial charge on any atom is 0.240 e. The van der Waals surface area contributed by atoms with Gasteiger partial charge in [0.25, 0.3) is 0 Å². The van der Waals surface area contributed by atoms with Gasteiger partial charge in [-0.25, -0.2) is 21.6 Å². The molecule has 0 saturated carbocycles. The SMILES string of the molecule is Cc1ccc(N2CCN(C)CC2)c2c1CC[C@@H](NS(=O)(=O)c1ccc(S(C)(=O)=O)cc1)C2. The Balaban J connectivity index is 1.55. The Labute approximate surface area is 191 Å². The lowest BCUT2D eigenvalue weighted by molar-refractivity contribution is 0.312. The van der Waals surface area contributed by atoms with Crippen LogP contribution in [0.15, 0.2) is 46.2 Å². The van der Waals surface area contributed by atoms with Crippen LogP contribution in [0, 0.1) is 6.92 Å². The number of nitrogens with zero attached hydrogens (tertiary/aromatic N) is 2. The monoisotopic (exact) mass is 477 g/mol. The number of benzene rings is 2. The Kier molecular flexibility index (Phi) is 6.37. The highest BCUT2D eigenvalue weighted by Crippen LogP contribution is 2.34. The number of fused-ring (bicyclic) bond motifs is 1. The van der Waals surface area contributed by atoms with Crippen LogP contribution in [0.4, 0.5) is 5.69 Å². The van der Waals surface area contributed by atoms with E-state index in [-0.39, 0.29) is 15.8 Å². The van der Waals surface area contributed by atoms with Crippen LogP contribution in [0.2, 0.25) is 0 Å². The first-order valence-electron chi connectivity index (χ1n) is 10.9. The van der Waals surface area contributed by atoms with Crippen molar-refractivity contribution in [1.82, 2.24) is 9.62 Å². The van der Waals surface area contributed by atoms with Crippen LogP contribution in [0.3, 0.4) is 0 Å². The minimum atomic E-state index is -3.74. The molecule has 0 radical (unpaired) electrons. The van der Waals surface area contributed by atoms with Gasteiger partial charge in [-0.1, -0.05) is 6.07 Å². The minimum Gasteiger partial charge on any atom is -0.369 e. The maximum atomic E-state index is 13.0. The average molecular weight is 478 g/mol. The van der Waals surface area contributed by atoms with Gasteiger partial charge in [0.2, 0.25) is 10.0 Å². The summed E-state index contributed by atoms with van der Waals surface area (Å²) in [6.45, 7) is 6.09. The third kappa shape index (κ3) is 4.85. The summed E-state index contributed by atoms with van der Waals surface area (Å²) < 4.78 is 52.2. The first-order valence-corrected chi connectivity index (χ1v) is 14.3. The quantitative estimate of drug-likeness (QED) is 0.709. The highest BCUT2D eigenvalue weighted by atomic mass is 32.2. The fraction of sp³-hybridized carbons (Fsp3) is 0.478. The number of sulfone groups is 1. The molecule has 174 valence electrons. The molecule has 1 saturated heterocycles. The van der Waals surface area contributed by atoms with Gasteiger partial charge in [-0.15, -0.1) is 0 Å². The minimum absolute atomic E-state index is 0.0826. The summed E-state index contributed by atoms with van der Waals surface area (Å²) in [6.07, 6.45) is 3.33. The van der Waals surface area contributed by atoms with Crippen molar-refractivity contribution in [3.05, 3.63) is 53.1 Å². The van der Waals surface area contributed by atoms with Crippen molar-refractivity contribution in [3.63, 3.8) is 0 Å². The normalized spacial score (nSPS) is 20.2. The Hall–Kier alpha value is -1.94. The zero-order valence-electron chi connectivity index (χ0n) is 18.8. The molecule has 0 bridgehead atoms. The van der Waals surface area contributed by atoms with Crippen LogP contribution >= 0.6 is 0 Å². The fourth-order valence-electron chi connectivity index (χ4n) is 4.64. The summed E-state index contributed by atoms with van der Waals surface area (Å²) in [5.41, 5.74) is 5.07. The number of aryl methyl sites for hydroxylation is 1. The molecule has 7 nitrogen and oxygen atoms in total. The van der Waals surface area contributed by atoms with E-state index in [0.717, 1.165) is 45.3 Å². The van der Waals surface area contributed by atoms with Gasteiger partial charge in [0, 0.05) is 44.2 Å². The predicted molar refractivity (Wildman–Crippen MR) is 127 cm³/mol. The molecule has 1 heterocycles. The molecule has 0 spiro atoms. The largest absolute Gasteiger partial charge is 0.369 e. The zero-order chi connectivity index (χ0) is 23.1. The van der Waals surface area contributed by atoms with E-state index in [2.05, 4.69) is 40.6 Å². The van der Waals surface area contributed by atoms with Crippen LogP contribution in [-0.4, -0.2) is 67.3 Å². The molecule has 1 aliphatic heterocycles. The van der Waals surface area contributed by atoms with E-state index >= 15 is 0 Å². The second-order valence-corrected chi connectivity index (χ2v) is 12.7. The fourth-order valence-corrected chi connectivity index (χ4v) is 6.54. The van der Waals surface area contributed by atoms with Gasteiger partial charge in [0.15, 0.2) is 9.84 Å². The Morgan fingerprint density at radius 3 is 2.12 bits per heavy atom. The Bertz CT molecular complexity index is 1200. The molecule has 0 aromatic heterocycles. The van der Waals surface area contributed by atoms with Gasteiger partial charge >= 0.3 is 0 Å². The predicted octanol–water partition coefficient (Wildman–Crippen LogP) is 1.99. The Morgan fingerprint density at radius 1 is 0.875 bits per heavy atom. The molecule has 0 unspecified atom stereocenters. The van der Waals surface area contributed by atoms with Crippen LogP contribution in [0.1, 0.15) is 23.1 Å². The molecular formula is C23H31N3O4S2. The number of rotatable bonds is 5. The molecule has 2 aromatic carbocycles. The van der Waals surface area contributed by atoms with Gasteiger partial charge < -0.3 is 9.80 Å². The second-order valence-electron chi connectivity index (χ2n) is 8.95. The molecule has 9 heteroatoms. The first kappa shape index (κ1) is 23.2. The molecule has 32 heavy (non-hydrogen) atoms. The van der Waals surface area contributed by atoms with Crippen LogP contribution in [0.5, 0.6) is 0 Å². The van der Waals surface area contributed by atoms with E-state index in [1.807, 2.05) is 0 Å². The van der Waals surface area contributed by atoms with Gasteiger partial charge in [-0.3, -0.25) is 0 Å². The van der Waals surface area contributed by atoms with E-state index < -0.39 is 19.9 Å². The van der Waals surface area contributed by atoms with Crippen molar-refractivity contribution in [2.75, 3.05) is 44.4 Å². The molecule has 0 amide bonds. The van der Waals surface area contributed by atoms with E-state index in [0.29, 0.717) is 6.42 Å². The third-order valence-electron chi connectivity index (χ3n) is 6.56. The number of piperazine rings is 1. The topological polar surface area (TPSA) is 86.8 Å². The molecule has 2 aromatic rings. The molecule has 1 aliphatic carbocycles. The van der Waals surface area contributed by atoms with E-state index in [4.69, 9.17) is 0 Å². The summed E-state index contributed by atoms with van der Waals surface area (Å²) >= 11 is 0. The van der Waals surface area contributed by atoms with E-state index in [1.54, 1.807) is 0 Å². The molecule has 1 atom stereocenters. The van der Waals surface area contributed by atoms with Crippen molar-refractivity contribution in [2.24, 2.45) is 0 Å². The number of nitrogens with one attached hydrogen (secondary N) is 1. The maximum absolute atomic E-state index is 13.0. The smallest absolute Gasteiger partial charge is 0.240 e. The summed E-state index contributed by atoms with van der Waals surface area (Å²) in [7, 11) is -4.98. The summed E-state index contributed by atoms with van der Waals surface area (Å²) in [6, 6.07) is 9.56. The van der Waals surface area contributed by atoms with Crippen molar-refractivity contribution < 1.29 is 16.8 Å². The molecule has 4 rings (SSSR count). The van der Waals surface area contributed by atoms with Gasteiger partial charge in [-0.05, 0) is 80.3 Å². The lowest BCUT2D eigenvalue weighted by Crippen LogP contribution is -2.45.